The fourth-order valence-corrected chi connectivity index (χ4v) is 3.49. The standard InChI is InChI=1S/C15H15F3N6O2S/c1-6-8(12(26)20-11-10(6)7(2)23-24(11)3)4-5-9(25)19-14-22-21-13(27-14)15(16,17)18/h4-5H2,1-3H3,(H,20,26)(H,19,22,25). The van der Waals surface area contributed by atoms with E-state index < -0.39 is 17.1 Å². The minimum Gasteiger partial charge on any atom is -0.307 e. The topological polar surface area (TPSA) is 106 Å². The monoisotopic (exact) mass is 400 g/mol. The molecule has 0 radical (unpaired) electrons. The molecule has 0 unspecified atom stereocenters. The van der Waals surface area contributed by atoms with Crippen molar-refractivity contribution >= 4 is 33.4 Å². The molecule has 8 nitrogen and oxygen atoms in total. The molecule has 0 spiro atoms. The van der Waals surface area contributed by atoms with Crippen LogP contribution in [0.25, 0.3) is 11.0 Å². The van der Waals surface area contributed by atoms with Crippen molar-refractivity contribution in [3.05, 3.63) is 32.2 Å². The molecule has 3 heterocycles. The third kappa shape index (κ3) is 3.70. The van der Waals surface area contributed by atoms with Crippen LogP contribution in [0.1, 0.15) is 28.2 Å². The number of nitrogens with one attached hydrogen (secondary N) is 2. The van der Waals surface area contributed by atoms with Crippen molar-refractivity contribution in [1.29, 1.82) is 0 Å². The van der Waals surface area contributed by atoms with Crippen LogP contribution in [0.15, 0.2) is 4.79 Å². The Labute approximate surface area is 154 Å². The number of fused-ring (bicyclic) bond motifs is 1. The highest BCUT2D eigenvalue weighted by Crippen LogP contribution is 2.33. The van der Waals surface area contributed by atoms with E-state index in [1.807, 2.05) is 6.92 Å². The van der Waals surface area contributed by atoms with Gasteiger partial charge in [-0.05, 0) is 25.8 Å². The van der Waals surface area contributed by atoms with E-state index in [2.05, 4.69) is 25.6 Å². The molecule has 0 aromatic carbocycles. The van der Waals surface area contributed by atoms with Gasteiger partial charge in [-0.2, -0.15) is 18.3 Å². The van der Waals surface area contributed by atoms with Crippen molar-refractivity contribution in [1.82, 2.24) is 25.0 Å². The summed E-state index contributed by atoms with van der Waals surface area (Å²) in [5, 5.41) is 12.3. The summed E-state index contributed by atoms with van der Waals surface area (Å²) in [5.41, 5.74) is 2.17. The summed E-state index contributed by atoms with van der Waals surface area (Å²) in [7, 11) is 1.72. The van der Waals surface area contributed by atoms with Crippen molar-refractivity contribution < 1.29 is 18.0 Å². The SMILES string of the molecule is Cc1nn(C)c2[nH]c(=O)c(CCC(=O)Nc3nnc(C(F)(F)F)s3)c(C)c12. The van der Waals surface area contributed by atoms with Gasteiger partial charge in [0.1, 0.15) is 5.65 Å². The number of hydrogen-bond donors (Lipinski definition) is 2. The summed E-state index contributed by atoms with van der Waals surface area (Å²) in [5.74, 6) is -0.554. The lowest BCUT2D eigenvalue weighted by molar-refractivity contribution is -0.138. The zero-order chi connectivity index (χ0) is 19.9. The van der Waals surface area contributed by atoms with E-state index in [1.165, 1.54) is 0 Å². The number of amides is 1. The molecule has 0 bridgehead atoms. The van der Waals surface area contributed by atoms with Gasteiger partial charge in [0.2, 0.25) is 16.0 Å². The molecule has 1 amide bonds. The van der Waals surface area contributed by atoms with Crippen LogP contribution < -0.4 is 10.9 Å². The van der Waals surface area contributed by atoms with E-state index in [1.54, 1.807) is 18.7 Å². The maximum Gasteiger partial charge on any atom is 0.445 e. The number of pyridine rings is 1. The minimum atomic E-state index is -4.61. The summed E-state index contributed by atoms with van der Waals surface area (Å²) in [4.78, 5) is 27.1. The van der Waals surface area contributed by atoms with E-state index >= 15 is 0 Å². The Kier molecular flexibility index (Phi) is 4.76. The molecule has 0 atom stereocenters. The molecule has 3 aromatic heterocycles. The van der Waals surface area contributed by atoms with Gasteiger partial charge in [-0.1, -0.05) is 11.3 Å². The molecule has 3 rings (SSSR count). The fourth-order valence-electron chi connectivity index (χ4n) is 2.86. The van der Waals surface area contributed by atoms with Crippen molar-refractivity contribution in [2.75, 3.05) is 5.32 Å². The number of aromatic nitrogens is 5. The number of alkyl halides is 3. The van der Waals surface area contributed by atoms with Crippen LogP contribution >= 0.6 is 11.3 Å². The molecule has 144 valence electrons. The summed E-state index contributed by atoms with van der Waals surface area (Å²) < 4.78 is 39.1. The van der Waals surface area contributed by atoms with Gasteiger partial charge in [-0.25, -0.2) is 0 Å². The van der Waals surface area contributed by atoms with Gasteiger partial charge >= 0.3 is 6.18 Å². The molecule has 0 saturated carbocycles. The first-order valence-electron chi connectivity index (χ1n) is 7.83. The predicted molar refractivity (Wildman–Crippen MR) is 92.7 cm³/mol. The Morgan fingerprint density at radius 3 is 2.63 bits per heavy atom. The summed E-state index contributed by atoms with van der Waals surface area (Å²) >= 11 is 0.245. The van der Waals surface area contributed by atoms with Gasteiger partial charge in [0.05, 0.1) is 5.69 Å². The van der Waals surface area contributed by atoms with Gasteiger partial charge in [0, 0.05) is 24.4 Å². The van der Waals surface area contributed by atoms with Crippen LogP contribution in [0.4, 0.5) is 18.3 Å². The Morgan fingerprint density at radius 1 is 1.30 bits per heavy atom. The number of carbonyl (C=O) groups is 1. The lowest BCUT2D eigenvalue weighted by Crippen LogP contribution is -2.19. The first-order chi connectivity index (χ1) is 12.6. The van der Waals surface area contributed by atoms with Crippen molar-refractivity contribution in [3.63, 3.8) is 0 Å². The zero-order valence-corrected chi connectivity index (χ0v) is 15.4. The number of hydrogen-bond acceptors (Lipinski definition) is 6. The van der Waals surface area contributed by atoms with Crippen molar-refractivity contribution in [2.45, 2.75) is 32.9 Å². The Balaban J connectivity index is 1.75. The molecule has 0 aliphatic rings. The van der Waals surface area contributed by atoms with Crippen LogP contribution in [0, 0.1) is 13.8 Å². The maximum absolute atomic E-state index is 12.5. The molecule has 27 heavy (non-hydrogen) atoms. The average Bonchev–Trinajstić information content (AvgIpc) is 3.12. The molecule has 3 aromatic rings. The number of nitrogens with zero attached hydrogens (tertiary/aromatic N) is 4. The molecule has 2 N–H and O–H groups in total. The van der Waals surface area contributed by atoms with Crippen LogP contribution in [-0.4, -0.2) is 30.9 Å². The van der Waals surface area contributed by atoms with Crippen LogP contribution in [0.2, 0.25) is 0 Å². The Hall–Kier alpha value is -2.76. The van der Waals surface area contributed by atoms with Crippen molar-refractivity contribution in [2.24, 2.45) is 7.05 Å². The molecule has 0 saturated heterocycles. The summed E-state index contributed by atoms with van der Waals surface area (Å²) in [6.45, 7) is 3.59. The minimum absolute atomic E-state index is 0.0876. The number of rotatable bonds is 4. The highest BCUT2D eigenvalue weighted by molar-refractivity contribution is 7.15. The van der Waals surface area contributed by atoms with Crippen molar-refractivity contribution in [3.8, 4) is 0 Å². The van der Waals surface area contributed by atoms with Gasteiger partial charge in [-0.15, -0.1) is 10.2 Å². The third-order valence-electron chi connectivity index (χ3n) is 4.07. The number of carbonyl (C=O) groups excluding carboxylic acids is 1. The number of aromatic amines is 1. The molecule has 0 aliphatic carbocycles. The highest BCUT2D eigenvalue weighted by Gasteiger charge is 2.35. The zero-order valence-electron chi connectivity index (χ0n) is 14.6. The Morgan fingerprint density at radius 2 is 2.00 bits per heavy atom. The van der Waals surface area contributed by atoms with Gasteiger partial charge in [-0.3, -0.25) is 14.3 Å². The first-order valence-corrected chi connectivity index (χ1v) is 8.65. The van der Waals surface area contributed by atoms with E-state index in [9.17, 15) is 22.8 Å². The summed E-state index contributed by atoms with van der Waals surface area (Å²) in [6, 6.07) is 0. The molecular formula is C15H15F3N6O2S. The van der Waals surface area contributed by atoms with Crippen LogP contribution in [0.3, 0.4) is 0 Å². The normalized spacial score (nSPS) is 11.9. The van der Waals surface area contributed by atoms with Crippen LogP contribution in [-0.2, 0) is 24.4 Å². The molecular weight excluding hydrogens is 385 g/mol. The maximum atomic E-state index is 12.5. The molecule has 0 fully saturated rings. The third-order valence-corrected chi connectivity index (χ3v) is 4.96. The van der Waals surface area contributed by atoms with E-state index in [0.29, 0.717) is 11.2 Å². The van der Waals surface area contributed by atoms with Crippen LogP contribution in [0.5, 0.6) is 0 Å². The van der Waals surface area contributed by atoms with Gasteiger partial charge in [0.15, 0.2) is 0 Å². The van der Waals surface area contributed by atoms with Gasteiger partial charge in [0.25, 0.3) is 5.56 Å². The van der Waals surface area contributed by atoms with Gasteiger partial charge < -0.3 is 10.3 Å². The lowest BCUT2D eigenvalue weighted by Gasteiger charge is -2.07. The number of anilines is 1. The number of halogens is 3. The second kappa shape index (κ2) is 6.76. The molecule has 0 aliphatic heterocycles. The number of aryl methyl sites for hydroxylation is 3. The molecule has 12 heteroatoms. The average molecular weight is 400 g/mol. The second-order valence-electron chi connectivity index (χ2n) is 5.95. The second-order valence-corrected chi connectivity index (χ2v) is 6.93. The van der Waals surface area contributed by atoms with E-state index in [4.69, 9.17) is 0 Å². The quantitative estimate of drug-likeness (QED) is 0.699. The highest BCUT2D eigenvalue weighted by atomic mass is 32.1. The lowest BCUT2D eigenvalue weighted by atomic mass is 10.0. The smallest absolute Gasteiger partial charge is 0.307 e. The van der Waals surface area contributed by atoms with E-state index in [-0.39, 0.29) is 34.9 Å². The first kappa shape index (κ1) is 19.0. The number of H-pyrrole nitrogens is 1. The predicted octanol–water partition coefficient (Wildman–Crippen LogP) is 2.32. The Bertz CT molecular complexity index is 1080. The van der Waals surface area contributed by atoms with E-state index in [0.717, 1.165) is 16.6 Å². The fraction of sp³-hybridized carbons (Fsp3) is 0.400. The summed E-state index contributed by atoms with van der Waals surface area (Å²) in [6.07, 6.45) is -4.57. The largest absolute Gasteiger partial charge is 0.445 e.